The predicted molar refractivity (Wildman–Crippen MR) is 149 cm³/mol. The van der Waals surface area contributed by atoms with Crippen molar-refractivity contribution in [2.24, 2.45) is 7.05 Å². The van der Waals surface area contributed by atoms with Gasteiger partial charge in [-0.15, -0.1) is 0 Å². The summed E-state index contributed by atoms with van der Waals surface area (Å²) in [7, 11) is 1.60. The summed E-state index contributed by atoms with van der Waals surface area (Å²) in [6.45, 7) is 6.21. The van der Waals surface area contributed by atoms with E-state index in [0.717, 1.165) is 17.1 Å². The van der Waals surface area contributed by atoms with E-state index in [2.05, 4.69) is 30.7 Å². The number of carbonyl (C=O) groups is 1. The number of aromatic nitrogens is 5. The number of carbonyl (C=O) groups excluding carboxylic acids is 1. The Labute approximate surface area is 226 Å². The molecular formula is C30H32FN5O3. The number of hydrogen-bond acceptors (Lipinski definition) is 5. The highest BCUT2D eigenvalue weighted by Gasteiger charge is 2.22. The summed E-state index contributed by atoms with van der Waals surface area (Å²) in [6.07, 6.45) is 1.55. The van der Waals surface area contributed by atoms with Crippen LogP contribution in [0.5, 0.6) is 11.5 Å². The molecule has 0 bridgehead atoms. The summed E-state index contributed by atoms with van der Waals surface area (Å²) in [4.78, 5) is 31.8. The SMILES string of the molecule is C.Cn1c(=O)[nH]c2nccc(Oc3ccc(CC(=O)Cc4cc(C(C)(C)C)nn4-c4ccccc4)c(F)c3)c21. The fraction of sp³-hybridized carbons (Fsp3) is 0.267. The van der Waals surface area contributed by atoms with E-state index in [1.807, 2.05) is 36.4 Å². The van der Waals surface area contributed by atoms with E-state index >= 15 is 4.39 Å². The van der Waals surface area contributed by atoms with E-state index in [0.29, 0.717) is 16.9 Å². The molecule has 39 heavy (non-hydrogen) atoms. The molecule has 202 valence electrons. The van der Waals surface area contributed by atoms with Gasteiger partial charge in [0.2, 0.25) is 0 Å². The highest BCUT2D eigenvalue weighted by Crippen LogP contribution is 2.29. The molecule has 0 atom stereocenters. The smallest absolute Gasteiger partial charge is 0.327 e. The highest BCUT2D eigenvalue weighted by atomic mass is 19.1. The lowest BCUT2D eigenvalue weighted by atomic mass is 9.92. The minimum absolute atomic E-state index is 0. The molecule has 0 saturated heterocycles. The van der Waals surface area contributed by atoms with Gasteiger partial charge in [0.15, 0.2) is 11.4 Å². The zero-order chi connectivity index (χ0) is 27.0. The Bertz CT molecular complexity index is 1690. The first-order valence-corrected chi connectivity index (χ1v) is 12.3. The minimum Gasteiger partial charge on any atom is -0.455 e. The standard InChI is InChI=1S/C29H28FN5O3.CH4/c1-29(2,3)25-16-20(35(33-25)19-8-6-5-7-9-19)15-21(36)14-18-10-11-22(17-23(18)30)38-24-12-13-31-27-26(24)34(4)28(37)32-27;/h5-13,16-17H,14-15H2,1-4H3,(H,31,32,37);1H4. The Morgan fingerprint density at radius 3 is 2.49 bits per heavy atom. The van der Waals surface area contributed by atoms with Crippen LogP contribution in [0.25, 0.3) is 16.9 Å². The number of halogens is 1. The molecule has 1 N–H and O–H groups in total. The quantitative estimate of drug-likeness (QED) is 0.293. The first kappa shape index (κ1) is 27.5. The molecule has 0 aliphatic heterocycles. The first-order valence-electron chi connectivity index (χ1n) is 12.3. The summed E-state index contributed by atoms with van der Waals surface area (Å²) < 4.78 is 24.1. The van der Waals surface area contributed by atoms with Crippen molar-refractivity contribution in [1.29, 1.82) is 0 Å². The Hall–Kier alpha value is -4.53. The number of fused-ring (bicyclic) bond motifs is 1. The van der Waals surface area contributed by atoms with Crippen LogP contribution in [0.3, 0.4) is 0 Å². The summed E-state index contributed by atoms with van der Waals surface area (Å²) in [6, 6.07) is 17.6. The second-order valence-electron chi connectivity index (χ2n) is 10.3. The largest absolute Gasteiger partial charge is 0.455 e. The van der Waals surface area contributed by atoms with Gasteiger partial charge in [0.05, 0.1) is 17.1 Å². The second kappa shape index (κ2) is 10.7. The van der Waals surface area contributed by atoms with Crippen LogP contribution in [-0.4, -0.2) is 30.1 Å². The maximum atomic E-state index is 15.0. The number of para-hydroxylation sites is 1. The van der Waals surface area contributed by atoms with Gasteiger partial charge >= 0.3 is 5.69 Å². The van der Waals surface area contributed by atoms with E-state index in [4.69, 9.17) is 9.84 Å². The summed E-state index contributed by atoms with van der Waals surface area (Å²) in [5.74, 6) is -0.0657. The van der Waals surface area contributed by atoms with Crippen LogP contribution >= 0.6 is 0 Å². The van der Waals surface area contributed by atoms with E-state index in [-0.39, 0.29) is 48.5 Å². The van der Waals surface area contributed by atoms with E-state index in [9.17, 15) is 9.59 Å². The number of ether oxygens (including phenoxy) is 1. The van der Waals surface area contributed by atoms with Crippen LogP contribution in [0.2, 0.25) is 0 Å². The number of aryl methyl sites for hydroxylation is 1. The predicted octanol–water partition coefficient (Wildman–Crippen LogP) is 5.67. The molecule has 0 amide bonds. The maximum Gasteiger partial charge on any atom is 0.327 e. The van der Waals surface area contributed by atoms with Crippen molar-refractivity contribution in [3.63, 3.8) is 0 Å². The molecule has 0 aliphatic carbocycles. The van der Waals surface area contributed by atoms with Gasteiger partial charge in [0.25, 0.3) is 0 Å². The number of H-pyrrole nitrogens is 1. The van der Waals surface area contributed by atoms with Crippen molar-refractivity contribution >= 4 is 16.9 Å². The molecule has 5 aromatic rings. The fourth-order valence-electron chi connectivity index (χ4n) is 4.26. The third-order valence-corrected chi connectivity index (χ3v) is 6.32. The van der Waals surface area contributed by atoms with Crippen LogP contribution in [0.1, 0.15) is 45.1 Å². The maximum absolute atomic E-state index is 15.0. The highest BCUT2D eigenvalue weighted by molar-refractivity contribution is 5.83. The normalized spacial score (nSPS) is 11.4. The molecule has 8 nitrogen and oxygen atoms in total. The Morgan fingerprint density at radius 1 is 1.05 bits per heavy atom. The lowest BCUT2D eigenvalue weighted by molar-refractivity contribution is -0.117. The van der Waals surface area contributed by atoms with Gasteiger partial charge in [-0.05, 0) is 29.8 Å². The topological polar surface area (TPSA) is 94.8 Å². The summed E-state index contributed by atoms with van der Waals surface area (Å²) in [5.41, 5.74) is 3.11. The van der Waals surface area contributed by atoms with Gasteiger partial charge in [-0.1, -0.05) is 52.5 Å². The number of ketones is 1. The molecule has 0 spiro atoms. The first-order chi connectivity index (χ1) is 18.1. The van der Waals surface area contributed by atoms with Crippen LogP contribution in [-0.2, 0) is 30.1 Å². The zero-order valence-electron chi connectivity index (χ0n) is 21.7. The summed E-state index contributed by atoms with van der Waals surface area (Å²) in [5, 5.41) is 4.76. The van der Waals surface area contributed by atoms with E-state index < -0.39 is 5.82 Å². The number of aromatic amines is 1. The van der Waals surface area contributed by atoms with Gasteiger partial charge in [0.1, 0.15) is 22.9 Å². The molecule has 0 aliphatic rings. The fourth-order valence-corrected chi connectivity index (χ4v) is 4.26. The summed E-state index contributed by atoms with van der Waals surface area (Å²) >= 11 is 0. The molecule has 0 unspecified atom stereocenters. The molecule has 0 fully saturated rings. The Kier molecular flexibility index (Phi) is 7.53. The molecule has 5 rings (SSSR count). The molecule has 2 aromatic carbocycles. The molecule has 3 heterocycles. The third kappa shape index (κ3) is 5.67. The van der Waals surface area contributed by atoms with Crippen molar-refractivity contribution in [2.75, 3.05) is 0 Å². The van der Waals surface area contributed by atoms with Crippen molar-refractivity contribution in [2.45, 2.75) is 46.5 Å². The number of imidazole rings is 1. The van der Waals surface area contributed by atoms with Crippen LogP contribution < -0.4 is 10.4 Å². The van der Waals surface area contributed by atoms with Gasteiger partial charge in [-0.3, -0.25) is 14.3 Å². The van der Waals surface area contributed by atoms with Gasteiger partial charge in [-0.2, -0.15) is 5.10 Å². The van der Waals surface area contributed by atoms with Crippen LogP contribution in [0, 0.1) is 5.82 Å². The molecule has 0 saturated carbocycles. The minimum atomic E-state index is -0.545. The van der Waals surface area contributed by atoms with Crippen molar-refractivity contribution in [3.05, 3.63) is 100 Å². The van der Waals surface area contributed by atoms with Crippen molar-refractivity contribution in [3.8, 4) is 17.2 Å². The van der Waals surface area contributed by atoms with Crippen molar-refractivity contribution in [1.82, 2.24) is 24.3 Å². The average Bonchev–Trinajstić information content (AvgIpc) is 3.42. The lowest BCUT2D eigenvalue weighted by Gasteiger charge is -2.14. The monoisotopic (exact) mass is 529 g/mol. The number of Topliss-reactive ketones (excluding diaryl/α,β-unsaturated/α-hetero) is 1. The van der Waals surface area contributed by atoms with Crippen molar-refractivity contribution < 1.29 is 13.9 Å². The number of nitrogens with zero attached hydrogens (tertiary/aromatic N) is 4. The van der Waals surface area contributed by atoms with E-state index in [1.165, 1.54) is 16.8 Å². The number of rotatable bonds is 7. The molecule has 3 aromatic heterocycles. The Morgan fingerprint density at radius 2 is 1.79 bits per heavy atom. The van der Waals surface area contributed by atoms with Crippen LogP contribution in [0.15, 0.2) is 71.7 Å². The number of nitrogens with one attached hydrogen (secondary N) is 1. The van der Waals surface area contributed by atoms with Gasteiger partial charge < -0.3 is 4.74 Å². The Balaban J connectivity index is 0.00000353. The molecule has 0 radical (unpaired) electrons. The second-order valence-corrected chi connectivity index (χ2v) is 10.3. The zero-order valence-corrected chi connectivity index (χ0v) is 21.7. The number of benzene rings is 2. The third-order valence-electron chi connectivity index (χ3n) is 6.32. The van der Waals surface area contributed by atoms with Crippen LogP contribution in [0.4, 0.5) is 4.39 Å². The number of hydrogen-bond donors (Lipinski definition) is 1. The number of pyridine rings is 1. The molecule has 9 heteroatoms. The van der Waals surface area contributed by atoms with E-state index in [1.54, 1.807) is 29.9 Å². The van der Waals surface area contributed by atoms with Gasteiger partial charge in [-0.25, -0.2) is 18.9 Å². The molecular weight excluding hydrogens is 497 g/mol. The lowest BCUT2D eigenvalue weighted by Crippen LogP contribution is -2.13. The average molecular weight is 530 g/mol. The van der Waals surface area contributed by atoms with Gasteiger partial charge in [0, 0.05) is 43.6 Å².